The maximum atomic E-state index is 2.57. The highest BCUT2D eigenvalue weighted by molar-refractivity contribution is 14.1. The molecule has 0 saturated carbocycles. The lowest BCUT2D eigenvalue weighted by Gasteiger charge is -2.06. The van der Waals surface area contributed by atoms with E-state index >= 15 is 0 Å². The van der Waals surface area contributed by atoms with Gasteiger partial charge < -0.3 is 0 Å². The Morgan fingerprint density at radius 3 is 2.71 bits per heavy atom. The van der Waals surface area contributed by atoms with Crippen LogP contribution < -0.4 is 0 Å². The zero-order chi connectivity index (χ0) is 11.4. The normalized spacial score (nSPS) is 18.1. The van der Waals surface area contributed by atoms with Crippen molar-refractivity contribution in [3.63, 3.8) is 0 Å². The number of benzene rings is 3. The highest BCUT2D eigenvalue weighted by atomic mass is 127. The zero-order valence-corrected chi connectivity index (χ0v) is 11.4. The van der Waals surface area contributed by atoms with Gasteiger partial charge in [-0.2, -0.15) is 0 Å². The fraction of sp³-hybridized carbons (Fsp3) is 0.125. The number of rotatable bonds is 0. The summed E-state index contributed by atoms with van der Waals surface area (Å²) >= 11 is 2.57. The second-order valence-corrected chi connectivity index (χ2v) is 6.20. The van der Waals surface area contributed by atoms with Gasteiger partial charge in [-0.25, -0.2) is 0 Å². The first-order chi connectivity index (χ1) is 8.34. The maximum Gasteiger partial charge on any atom is 0.0406 e. The van der Waals surface area contributed by atoms with Crippen molar-refractivity contribution in [1.29, 1.82) is 0 Å². The summed E-state index contributed by atoms with van der Waals surface area (Å²) in [6.45, 7) is 0. The van der Waals surface area contributed by atoms with Gasteiger partial charge in [0.15, 0.2) is 0 Å². The van der Waals surface area contributed by atoms with Crippen molar-refractivity contribution >= 4 is 44.1 Å². The third-order valence-corrected chi connectivity index (χ3v) is 4.86. The smallest absolute Gasteiger partial charge is 0.0406 e. The molecule has 0 nitrogen and oxygen atoms in total. The van der Waals surface area contributed by atoms with E-state index in [0.29, 0.717) is 3.92 Å². The molecule has 3 aromatic rings. The molecule has 0 saturated heterocycles. The summed E-state index contributed by atoms with van der Waals surface area (Å²) in [4.78, 5) is 0. The van der Waals surface area contributed by atoms with Crippen molar-refractivity contribution in [3.8, 4) is 0 Å². The Kier molecular flexibility index (Phi) is 2.01. The number of halogens is 1. The molecule has 82 valence electrons. The van der Waals surface area contributed by atoms with Crippen LogP contribution in [0.2, 0.25) is 0 Å². The minimum Gasteiger partial charge on any atom is -0.0770 e. The first-order valence-electron chi connectivity index (χ1n) is 5.92. The van der Waals surface area contributed by atoms with Crippen LogP contribution in [0.5, 0.6) is 0 Å². The highest BCUT2D eigenvalue weighted by Gasteiger charge is 2.23. The Balaban J connectivity index is 2.29. The van der Waals surface area contributed by atoms with Gasteiger partial charge in [-0.1, -0.05) is 65.1 Å². The molecule has 0 radical (unpaired) electrons. The van der Waals surface area contributed by atoms with Gasteiger partial charge in [0, 0.05) is 3.92 Å². The Bertz CT molecular complexity index is 743. The second-order valence-electron chi connectivity index (χ2n) is 4.69. The SMILES string of the molecule is IC1Cc2c3ccccc3cc3cccc1c23. The van der Waals surface area contributed by atoms with Crippen LogP contribution in [-0.2, 0) is 6.42 Å². The van der Waals surface area contributed by atoms with Gasteiger partial charge in [-0.3, -0.25) is 0 Å². The molecular weight excluding hydrogens is 319 g/mol. The largest absolute Gasteiger partial charge is 0.0770 e. The van der Waals surface area contributed by atoms with Crippen LogP contribution in [0.4, 0.5) is 0 Å². The average molecular weight is 330 g/mol. The Morgan fingerprint density at radius 1 is 0.941 bits per heavy atom. The molecule has 0 aromatic heterocycles. The molecule has 1 aliphatic carbocycles. The van der Waals surface area contributed by atoms with E-state index in [9.17, 15) is 0 Å². The number of fused-ring (bicyclic) bond motifs is 2. The summed E-state index contributed by atoms with van der Waals surface area (Å²) in [6.07, 6.45) is 1.18. The van der Waals surface area contributed by atoms with Crippen molar-refractivity contribution in [2.75, 3.05) is 0 Å². The third kappa shape index (κ3) is 1.29. The highest BCUT2D eigenvalue weighted by Crippen LogP contribution is 2.44. The third-order valence-electron chi connectivity index (χ3n) is 3.75. The molecule has 1 atom stereocenters. The molecule has 0 bridgehead atoms. The second kappa shape index (κ2) is 3.45. The van der Waals surface area contributed by atoms with Crippen molar-refractivity contribution in [3.05, 3.63) is 59.7 Å². The molecule has 0 N–H and O–H groups in total. The molecule has 17 heavy (non-hydrogen) atoms. The molecule has 1 heteroatoms. The van der Waals surface area contributed by atoms with Crippen LogP contribution in [-0.4, -0.2) is 0 Å². The predicted octanol–water partition coefficient (Wildman–Crippen LogP) is 5.03. The van der Waals surface area contributed by atoms with E-state index < -0.39 is 0 Å². The van der Waals surface area contributed by atoms with Crippen LogP contribution in [0.3, 0.4) is 0 Å². The molecule has 0 heterocycles. The standard InChI is InChI=1S/C16H11I/c17-15-9-14-12-6-2-1-4-10(12)8-11-5-3-7-13(15)16(11)14/h1-8,15H,9H2. The maximum absolute atomic E-state index is 2.57. The van der Waals surface area contributed by atoms with E-state index in [0.717, 1.165) is 0 Å². The summed E-state index contributed by atoms with van der Waals surface area (Å²) in [5, 5.41) is 5.71. The molecule has 0 fully saturated rings. The monoisotopic (exact) mass is 330 g/mol. The van der Waals surface area contributed by atoms with Crippen molar-refractivity contribution < 1.29 is 0 Å². The summed E-state index contributed by atoms with van der Waals surface area (Å²) < 4.78 is 0.636. The Morgan fingerprint density at radius 2 is 1.76 bits per heavy atom. The first kappa shape index (κ1) is 9.89. The van der Waals surface area contributed by atoms with Gasteiger partial charge in [-0.15, -0.1) is 0 Å². The Labute approximate surface area is 114 Å². The topological polar surface area (TPSA) is 0 Å². The molecular formula is C16H11I. The first-order valence-corrected chi connectivity index (χ1v) is 7.16. The fourth-order valence-electron chi connectivity index (χ4n) is 3.02. The summed E-state index contributed by atoms with van der Waals surface area (Å²) in [5.41, 5.74) is 3.07. The van der Waals surface area contributed by atoms with Gasteiger partial charge in [-0.05, 0) is 45.2 Å². The molecule has 1 unspecified atom stereocenters. The van der Waals surface area contributed by atoms with E-state index in [1.807, 2.05) is 0 Å². The Hall–Kier alpha value is -1.09. The lowest BCUT2D eigenvalue weighted by Crippen LogP contribution is -1.84. The molecule has 3 aromatic carbocycles. The fourth-order valence-corrected chi connectivity index (χ4v) is 3.98. The molecule has 0 aliphatic heterocycles. The summed E-state index contributed by atoms with van der Waals surface area (Å²) in [7, 11) is 0. The molecule has 0 amide bonds. The number of alkyl halides is 1. The van der Waals surface area contributed by atoms with Crippen molar-refractivity contribution in [1.82, 2.24) is 0 Å². The molecule has 1 aliphatic rings. The predicted molar refractivity (Wildman–Crippen MR) is 81.9 cm³/mol. The van der Waals surface area contributed by atoms with Gasteiger partial charge in [0.25, 0.3) is 0 Å². The van der Waals surface area contributed by atoms with Gasteiger partial charge in [0.2, 0.25) is 0 Å². The van der Waals surface area contributed by atoms with E-state index in [4.69, 9.17) is 0 Å². The average Bonchev–Trinajstić information content (AvgIpc) is 2.70. The van der Waals surface area contributed by atoms with E-state index in [-0.39, 0.29) is 0 Å². The molecule has 4 rings (SSSR count). The van der Waals surface area contributed by atoms with E-state index in [1.54, 1.807) is 5.56 Å². The van der Waals surface area contributed by atoms with E-state index in [1.165, 1.54) is 33.5 Å². The zero-order valence-electron chi connectivity index (χ0n) is 9.28. The number of hydrogen-bond donors (Lipinski definition) is 0. The lowest BCUT2D eigenvalue weighted by molar-refractivity contribution is 1.04. The van der Waals surface area contributed by atoms with Gasteiger partial charge >= 0.3 is 0 Å². The van der Waals surface area contributed by atoms with Crippen molar-refractivity contribution in [2.45, 2.75) is 10.3 Å². The summed E-state index contributed by atoms with van der Waals surface area (Å²) in [5.74, 6) is 0. The van der Waals surface area contributed by atoms with Crippen LogP contribution in [0.25, 0.3) is 21.5 Å². The van der Waals surface area contributed by atoms with Crippen LogP contribution >= 0.6 is 22.6 Å². The minimum absolute atomic E-state index is 0.636. The van der Waals surface area contributed by atoms with Crippen molar-refractivity contribution in [2.24, 2.45) is 0 Å². The summed E-state index contributed by atoms with van der Waals surface area (Å²) in [6, 6.07) is 17.8. The lowest BCUT2D eigenvalue weighted by atomic mass is 9.98. The minimum atomic E-state index is 0.636. The van der Waals surface area contributed by atoms with Crippen LogP contribution in [0, 0.1) is 0 Å². The van der Waals surface area contributed by atoms with Gasteiger partial charge in [0.1, 0.15) is 0 Å². The van der Waals surface area contributed by atoms with Crippen LogP contribution in [0.1, 0.15) is 15.1 Å². The van der Waals surface area contributed by atoms with E-state index in [2.05, 4.69) is 71.1 Å². The molecule has 0 spiro atoms. The quantitative estimate of drug-likeness (QED) is 0.308. The number of hydrogen-bond acceptors (Lipinski definition) is 0. The van der Waals surface area contributed by atoms with Crippen LogP contribution in [0.15, 0.2) is 48.5 Å². The van der Waals surface area contributed by atoms with Gasteiger partial charge in [0.05, 0.1) is 0 Å².